The van der Waals surface area contributed by atoms with Crippen molar-refractivity contribution in [3.63, 3.8) is 0 Å². The molecule has 1 unspecified atom stereocenters. The maximum atomic E-state index is 9.87. The molecule has 0 radical (unpaired) electrons. The zero-order valence-corrected chi connectivity index (χ0v) is 9.95. The molecule has 0 bridgehead atoms. The fourth-order valence-corrected chi connectivity index (χ4v) is 1.59. The molecule has 0 fully saturated rings. The van der Waals surface area contributed by atoms with E-state index in [-0.39, 0.29) is 0 Å². The van der Waals surface area contributed by atoms with Crippen molar-refractivity contribution in [1.82, 2.24) is 0 Å². The number of hydrogen-bond donors (Lipinski definition) is 1. The average Bonchev–Trinajstić information content (AvgIpc) is 2.27. The van der Waals surface area contributed by atoms with Crippen molar-refractivity contribution in [3.05, 3.63) is 29.3 Å². The predicted molar refractivity (Wildman–Crippen MR) is 62.3 cm³/mol. The van der Waals surface area contributed by atoms with Crippen molar-refractivity contribution in [1.29, 1.82) is 0 Å². The van der Waals surface area contributed by atoms with Gasteiger partial charge in [0.15, 0.2) is 0 Å². The van der Waals surface area contributed by atoms with Gasteiger partial charge in [0.05, 0.1) is 13.2 Å². The number of hydrogen-bond acceptors (Lipinski definition) is 2. The number of ether oxygens (including phenoxy) is 1. The van der Waals surface area contributed by atoms with Crippen LogP contribution in [0.15, 0.2) is 18.2 Å². The van der Waals surface area contributed by atoms with Crippen molar-refractivity contribution in [2.75, 3.05) is 7.11 Å². The van der Waals surface area contributed by atoms with E-state index in [0.29, 0.717) is 12.3 Å². The Labute approximate surface area is 91.9 Å². The number of methoxy groups -OCH3 is 1. The van der Waals surface area contributed by atoms with E-state index >= 15 is 0 Å². The Morgan fingerprint density at radius 1 is 1.33 bits per heavy atom. The standard InChI is InChI=1S/C13H20O2/c1-5-12(14)11-8-10(9(2)3)6-7-13(11)15-4/h6-9,12,14H,5H2,1-4H3. The number of rotatable bonds is 4. The Hall–Kier alpha value is -1.02. The van der Waals surface area contributed by atoms with Gasteiger partial charge in [0, 0.05) is 5.56 Å². The van der Waals surface area contributed by atoms with Crippen LogP contribution in [0.1, 0.15) is 50.3 Å². The molecule has 0 saturated heterocycles. The van der Waals surface area contributed by atoms with Crippen LogP contribution in [0.2, 0.25) is 0 Å². The Bertz CT molecular complexity index is 318. The van der Waals surface area contributed by atoms with E-state index in [0.717, 1.165) is 11.3 Å². The van der Waals surface area contributed by atoms with E-state index in [1.54, 1.807) is 7.11 Å². The SMILES string of the molecule is CCC(O)c1cc(C(C)C)ccc1OC. The van der Waals surface area contributed by atoms with Crippen LogP contribution in [0, 0.1) is 0 Å². The van der Waals surface area contributed by atoms with Crippen molar-refractivity contribution < 1.29 is 9.84 Å². The van der Waals surface area contributed by atoms with Crippen molar-refractivity contribution in [2.45, 2.75) is 39.2 Å². The van der Waals surface area contributed by atoms with Crippen LogP contribution in [0.3, 0.4) is 0 Å². The Kier molecular flexibility index (Phi) is 4.15. The van der Waals surface area contributed by atoms with Gasteiger partial charge in [-0.2, -0.15) is 0 Å². The minimum Gasteiger partial charge on any atom is -0.496 e. The molecule has 2 heteroatoms. The van der Waals surface area contributed by atoms with Crippen LogP contribution in [-0.2, 0) is 0 Å². The van der Waals surface area contributed by atoms with E-state index in [2.05, 4.69) is 19.9 Å². The molecule has 0 aromatic heterocycles. The Morgan fingerprint density at radius 3 is 2.47 bits per heavy atom. The van der Waals surface area contributed by atoms with Gasteiger partial charge in [-0.3, -0.25) is 0 Å². The molecule has 1 aromatic rings. The molecule has 1 N–H and O–H groups in total. The zero-order valence-electron chi connectivity index (χ0n) is 9.95. The fraction of sp³-hybridized carbons (Fsp3) is 0.538. The molecule has 1 rings (SSSR count). The largest absolute Gasteiger partial charge is 0.496 e. The molecule has 0 amide bonds. The molecular weight excluding hydrogens is 188 g/mol. The van der Waals surface area contributed by atoms with Crippen molar-refractivity contribution in [2.24, 2.45) is 0 Å². The van der Waals surface area contributed by atoms with Gasteiger partial charge in [-0.1, -0.05) is 26.8 Å². The number of benzene rings is 1. The highest BCUT2D eigenvalue weighted by molar-refractivity contribution is 5.39. The monoisotopic (exact) mass is 208 g/mol. The Balaban J connectivity index is 3.13. The van der Waals surface area contributed by atoms with Gasteiger partial charge in [-0.05, 0) is 30.0 Å². The lowest BCUT2D eigenvalue weighted by molar-refractivity contribution is 0.169. The maximum Gasteiger partial charge on any atom is 0.124 e. The molecule has 15 heavy (non-hydrogen) atoms. The molecule has 0 aliphatic rings. The first-order valence-corrected chi connectivity index (χ1v) is 5.46. The van der Waals surface area contributed by atoms with Gasteiger partial charge >= 0.3 is 0 Å². The first-order valence-electron chi connectivity index (χ1n) is 5.46. The predicted octanol–water partition coefficient (Wildman–Crippen LogP) is 3.26. The molecule has 0 heterocycles. The molecule has 0 spiro atoms. The summed E-state index contributed by atoms with van der Waals surface area (Å²) in [7, 11) is 1.64. The van der Waals surface area contributed by atoms with Gasteiger partial charge in [0.2, 0.25) is 0 Å². The van der Waals surface area contributed by atoms with Crippen LogP contribution in [0.5, 0.6) is 5.75 Å². The minimum absolute atomic E-state index is 0.432. The molecule has 0 aliphatic heterocycles. The smallest absolute Gasteiger partial charge is 0.124 e. The van der Waals surface area contributed by atoms with Crippen LogP contribution in [0.4, 0.5) is 0 Å². The van der Waals surface area contributed by atoms with Crippen LogP contribution >= 0.6 is 0 Å². The fourth-order valence-electron chi connectivity index (χ4n) is 1.59. The van der Waals surface area contributed by atoms with Gasteiger partial charge in [0.1, 0.15) is 5.75 Å². The lowest BCUT2D eigenvalue weighted by atomic mass is 9.97. The second-order valence-electron chi connectivity index (χ2n) is 4.08. The third-order valence-corrected chi connectivity index (χ3v) is 2.67. The van der Waals surface area contributed by atoms with Crippen molar-refractivity contribution >= 4 is 0 Å². The Morgan fingerprint density at radius 2 is 2.00 bits per heavy atom. The zero-order chi connectivity index (χ0) is 11.4. The molecule has 1 aromatic carbocycles. The highest BCUT2D eigenvalue weighted by atomic mass is 16.5. The van der Waals surface area contributed by atoms with E-state index in [9.17, 15) is 5.11 Å². The molecule has 84 valence electrons. The second-order valence-corrected chi connectivity index (χ2v) is 4.08. The maximum absolute atomic E-state index is 9.87. The van der Waals surface area contributed by atoms with Gasteiger partial charge in [-0.15, -0.1) is 0 Å². The summed E-state index contributed by atoms with van der Waals surface area (Å²) in [5.74, 6) is 1.24. The van der Waals surface area contributed by atoms with E-state index in [1.807, 2.05) is 19.1 Å². The number of aliphatic hydroxyl groups is 1. The van der Waals surface area contributed by atoms with Crippen LogP contribution < -0.4 is 4.74 Å². The summed E-state index contributed by atoms with van der Waals surface area (Å²) in [5, 5.41) is 9.87. The lowest BCUT2D eigenvalue weighted by Crippen LogP contribution is -2.01. The summed E-state index contributed by atoms with van der Waals surface area (Å²) in [6, 6.07) is 6.02. The van der Waals surface area contributed by atoms with Crippen molar-refractivity contribution in [3.8, 4) is 5.75 Å². The van der Waals surface area contributed by atoms with E-state index < -0.39 is 6.10 Å². The van der Waals surface area contributed by atoms with Gasteiger partial charge in [0.25, 0.3) is 0 Å². The lowest BCUT2D eigenvalue weighted by Gasteiger charge is -2.16. The third kappa shape index (κ3) is 2.72. The third-order valence-electron chi connectivity index (χ3n) is 2.67. The van der Waals surface area contributed by atoms with E-state index in [4.69, 9.17) is 4.74 Å². The van der Waals surface area contributed by atoms with Gasteiger partial charge < -0.3 is 9.84 Å². The molecular formula is C13H20O2. The summed E-state index contributed by atoms with van der Waals surface area (Å²) in [6.45, 7) is 6.25. The van der Waals surface area contributed by atoms with Crippen LogP contribution in [-0.4, -0.2) is 12.2 Å². The summed E-state index contributed by atoms with van der Waals surface area (Å²) >= 11 is 0. The average molecular weight is 208 g/mol. The summed E-state index contributed by atoms with van der Waals surface area (Å²) < 4.78 is 5.24. The highest BCUT2D eigenvalue weighted by Gasteiger charge is 2.13. The summed E-state index contributed by atoms with van der Waals surface area (Å²) in [4.78, 5) is 0. The topological polar surface area (TPSA) is 29.5 Å². The normalized spacial score (nSPS) is 12.9. The summed E-state index contributed by atoms with van der Waals surface area (Å²) in [5.41, 5.74) is 2.13. The van der Waals surface area contributed by atoms with Crippen LogP contribution in [0.25, 0.3) is 0 Å². The molecule has 2 nitrogen and oxygen atoms in total. The first-order chi connectivity index (χ1) is 7.10. The second kappa shape index (κ2) is 5.17. The first kappa shape index (κ1) is 12.1. The molecule has 0 saturated carbocycles. The molecule has 0 aliphatic carbocycles. The number of aliphatic hydroxyl groups excluding tert-OH is 1. The highest BCUT2D eigenvalue weighted by Crippen LogP contribution is 2.30. The summed E-state index contributed by atoms with van der Waals surface area (Å²) in [6.07, 6.45) is 0.274. The minimum atomic E-state index is -0.432. The van der Waals surface area contributed by atoms with Gasteiger partial charge in [-0.25, -0.2) is 0 Å². The van der Waals surface area contributed by atoms with E-state index in [1.165, 1.54) is 5.56 Å². The quantitative estimate of drug-likeness (QED) is 0.823. The molecule has 1 atom stereocenters.